The highest BCUT2D eigenvalue weighted by molar-refractivity contribution is 5.61. The summed E-state index contributed by atoms with van der Waals surface area (Å²) < 4.78 is 17.9. The second-order valence-corrected chi connectivity index (χ2v) is 7.75. The van der Waals surface area contributed by atoms with E-state index < -0.39 is 11.2 Å². The number of fused-ring (bicyclic) bond motifs is 1. The van der Waals surface area contributed by atoms with E-state index in [-0.39, 0.29) is 23.7 Å². The average molecular weight is 284 g/mol. The van der Waals surface area contributed by atoms with Crippen molar-refractivity contribution in [2.24, 2.45) is 11.3 Å². The molecular formula is C16H28O4. The Morgan fingerprint density at radius 2 is 1.85 bits per heavy atom. The van der Waals surface area contributed by atoms with E-state index in [9.17, 15) is 4.79 Å². The Morgan fingerprint density at radius 3 is 2.40 bits per heavy atom. The van der Waals surface area contributed by atoms with Crippen LogP contribution in [0.25, 0.3) is 0 Å². The summed E-state index contributed by atoms with van der Waals surface area (Å²) in [6.07, 6.45) is 2.82. The molecule has 2 aliphatic rings. The maximum Gasteiger partial charge on any atom is 0.163 e. The molecule has 0 bridgehead atoms. The molecule has 116 valence electrons. The van der Waals surface area contributed by atoms with Crippen LogP contribution in [0.2, 0.25) is 0 Å². The second-order valence-electron chi connectivity index (χ2n) is 7.75. The fourth-order valence-corrected chi connectivity index (χ4v) is 3.36. The van der Waals surface area contributed by atoms with Gasteiger partial charge < -0.3 is 19.0 Å². The van der Waals surface area contributed by atoms with Crippen LogP contribution in [0.5, 0.6) is 0 Å². The van der Waals surface area contributed by atoms with Gasteiger partial charge in [-0.2, -0.15) is 0 Å². The smallest absolute Gasteiger partial charge is 0.163 e. The number of carbonyl (C=O) groups is 1. The Balaban J connectivity index is 2.20. The first kappa shape index (κ1) is 15.9. The van der Waals surface area contributed by atoms with Gasteiger partial charge in [0.2, 0.25) is 0 Å². The molecule has 2 fully saturated rings. The van der Waals surface area contributed by atoms with Crippen LogP contribution >= 0.6 is 0 Å². The fourth-order valence-electron chi connectivity index (χ4n) is 3.36. The quantitative estimate of drug-likeness (QED) is 0.731. The molecule has 20 heavy (non-hydrogen) atoms. The molecule has 0 N–H and O–H groups in total. The van der Waals surface area contributed by atoms with Gasteiger partial charge in [-0.1, -0.05) is 0 Å². The van der Waals surface area contributed by atoms with E-state index in [4.69, 9.17) is 14.2 Å². The molecule has 0 amide bonds. The van der Waals surface area contributed by atoms with Crippen LogP contribution in [0.15, 0.2) is 0 Å². The van der Waals surface area contributed by atoms with E-state index in [1.165, 1.54) is 0 Å². The van der Waals surface area contributed by atoms with Crippen LogP contribution in [0.1, 0.15) is 54.4 Å². The summed E-state index contributed by atoms with van der Waals surface area (Å²) in [4.78, 5) is 11.8. The summed E-state index contributed by atoms with van der Waals surface area (Å²) in [5.74, 6) is -0.489. The molecule has 0 aromatic heterocycles. The van der Waals surface area contributed by atoms with Crippen molar-refractivity contribution in [2.75, 3.05) is 6.61 Å². The van der Waals surface area contributed by atoms with Crippen molar-refractivity contribution in [3.8, 4) is 0 Å². The van der Waals surface area contributed by atoms with Crippen molar-refractivity contribution in [1.82, 2.24) is 0 Å². The van der Waals surface area contributed by atoms with Gasteiger partial charge in [-0.05, 0) is 54.4 Å². The summed E-state index contributed by atoms with van der Waals surface area (Å²) in [5.41, 5.74) is -0.801. The van der Waals surface area contributed by atoms with Crippen LogP contribution in [-0.4, -0.2) is 36.5 Å². The minimum Gasteiger partial charge on any atom is -0.372 e. The van der Waals surface area contributed by atoms with E-state index in [2.05, 4.69) is 0 Å². The largest absolute Gasteiger partial charge is 0.372 e. The first-order valence-corrected chi connectivity index (χ1v) is 7.53. The molecule has 4 nitrogen and oxygen atoms in total. The number of hydrogen-bond donors (Lipinski definition) is 0. The van der Waals surface area contributed by atoms with E-state index >= 15 is 0 Å². The van der Waals surface area contributed by atoms with Gasteiger partial charge in [0.05, 0.1) is 29.8 Å². The van der Waals surface area contributed by atoms with E-state index in [1.54, 1.807) is 0 Å². The molecule has 1 saturated heterocycles. The third kappa shape index (κ3) is 3.07. The topological polar surface area (TPSA) is 44.8 Å². The van der Waals surface area contributed by atoms with Crippen molar-refractivity contribution < 1.29 is 19.0 Å². The van der Waals surface area contributed by atoms with Crippen molar-refractivity contribution in [2.45, 2.75) is 78.0 Å². The van der Waals surface area contributed by atoms with Gasteiger partial charge in [0.25, 0.3) is 0 Å². The van der Waals surface area contributed by atoms with E-state index in [0.29, 0.717) is 6.61 Å². The van der Waals surface area contributed by atoms with Gasteiger partial charge in [0, 0.05) is 5.92 Å². The van der Waals surface area contributed by atoms with Crippen LogP contribution in [-0.2, 0) is 19.0 Å². The number of carbonyl (C=O) groups excluding carboxylic acids is 1. The fraction of sp³-hybridized carbons (Fsp3) is 0.938. The number of ether oxygens (including phenoxy) is 3. The highest BCUT2D eigenvalue weighted by atomic mass is 16.7. The highest BCUT2D eigenvalue weighted by Crippen LogP contribution is 2.47. The molecule has 0 unspecified atom stereocenters. The summed E-state index contributed by atoms with van der Waals surface area (Å²) in [7, 11) is 0. The predicted octanol–water partition coefficient (Wildman–Crippen LogP) is 2.94. The summed E-state index contributed by atoms with van der Waals surface area (Å²) in [6.45, 7) is 12.5. The maximum absolute atomic E-state index is 11.8. The first-order valence-electron chi connectivity index (χ1n) is 7.53. The molecule has 1 aliphatic heterocycles. The summed E-state index contributed by atoms with van der Waals surface area (Å²) in [5, 5.41) is 0. The number of aldehydes is 1. The van der Waals surface area contributed by atoms with Gasteiger partial charge in [-0.25, -0.2) is 0 Å². The maximum atomic E-state index is 11.8. The van der Waals surface area contributed by atoms with Gasteiger partial charge in [-0.3, -0.25) is 0 Å². The van der Waals surface area contributed by atoms with Crippen LogP contribution in [0, 0.1) is 11.3 Å². The zero-order chi connectivity index (χ0) is 15.2. The van der Waals surface area contributed by atoms with Gasteiger partial charge in [-0.15, -0.1) is 0 Å². The minimum atomic E-state index is -0.553. The Bertz CT molecular complexity index is 371. The summed E-state index contributed by atoms with van der Waals surface area (Å²) in [6, 6.07) is 0. The molecule has 1 aliphatic carbocycles. The molecule has 1 saturated carbocycles. The lowest BCUT2D eigenvalue weighted by molar-refractivity contribution is -0.321. The van der Waals surface area contributed by atoms with Crippen molar-refractivity contribution in [1.29, 1.82) is 0 Å². The molecule has 0 radical (unpaired) electrons. The van der Waals surface area contributed by atoms with Gasteiger partial charge in [0.1, 0.15) is 6.29 Å². The van der Waals surface area contributed by atoms with Crippen molar-refractivity contribution in [3.63, 3.8) is 0 Å². The third-order valence-corrected chi connectivity index (χ3v) is 4.45. The minimum absolute atomic E-state index is 0.0640. The summed E-state index contributed by atoms with van der Waals surface area (Å²) >= 11 is 0. The normalized spacial score (nSPS) is 41.0. The van der Waals surface area contributed by atoms with Crippen LogP contribution in [0.4, 0.5) is 0 Å². The lowest BCUT2D eigenvalue weighted by atomic mass is 9.64. The number of rotatable bonds is 2. The standard InChI is InChI=1S/C16H28O4/c1-14(2,3)20-13-8-7-12-11(16(13,6)10-17)9-18-15(4,5)19-12/h10-13H,7-9H2,1-6H3/t11-,12-,13-,16-/m0/s1. The molecule has 1 heterocycles. The average Bonchev–Trinajstić information content (AvgIpc) is 2.30. The highest BCUT2D eigenvalue weighted by Gasteiger charge is 2.54. The molecule has 0 aromatic carbocycles. The molecule has 0 spiro atoms. The zero-order valence-electron chi connectivity index (χ0n) is 13.6. The van der Waals surface area contributed by atoms with E-state index in [0.717, 1.165) is 19.1 Å². The van der Waals surface area contributed by atoms with Crippen LogP contribution < -0.4 is 0 Å². The van der Waals surface area contributed by atoms with Crippen molar-refractivity contribution in [3.05, 3.63) is 0 Å². The monoisotopic (exact) mass is 284 g/mol. The second kappa shape index (κ2) is 5.08. The Morgan fingerprint density at radius 1 is 1.20 bits per heavy atom. The SMILES string of the molecule is CC(C)(C)O[C@H]1CC[C@@H]2OC(C)(C)OC[C@@H]2[C@]1(C)C=O. The lowest BCUT2D eigenvalue weighted by Gasteiger charge is -2.53. The van der Waals surface area contributed by atoms with Crippen LogP contribution in [0.3, 0.4) is 0 Å². The molecule has 4 atom stereocenters. The molecular weight excluding hydrogens is 256 g/mol. The van der Waals surface area contributed by atoms with Gasteiger partial charge in [0.15, 0.2) is 5.79 Å². The van der Waals surface area contributed by atoms with Crippen molar-refractivity contribution >= 4 is 6.29 Å². The third-order valence-electron chi connectivity index (χ3n) is 4.45. The molecule has 2 rings (SSSR count). The van der Waals surface area contributed by atoms with E-state index in [1.807, 2.05) is 41.5 Å². The predicted molar refractivity (Wildman–Crippen MR) is 76.4 cm³/mol. The first-order chi connectivity index (χ1) is 9.07. The zero-order valence-corrected chi connectivity index (χ0v) is 13.6. The van der Waals surface area contributed by atoms with Gasteiger partial charge >= 0.3 is 0 Å². The Kier molecular flexibility index (Phi) is 4.04. The lowest BCUT2D eigenvalue weighted by Crippen LogP contribution is -2.59. The molecule has 0 aromatic rings. The Hall–Kier alpha value is -0.450. The number of hydrogen-bond acceptors (Lipinski definition) is 4. The molecule has 4 heteroatoms. The Labute approximate surface area is 122 Å².